The average Bonchev–Trinajstić information content (AvgIpc) is 2.53. The molecule has 1 saturated heterocycles. The molecule has 0 aromatic carbocycles. The number of amides is 1. The van der Waals surface area contributed by atoms with Gasteiger partial charge >= 0.3 is 0 Å². The van der Waals surface area contributed by atoms with Crippen molar-refractivity contribution in [3.63, 3.8) is 0 Å². The minimum Gasteiger partial charge on any atom is -0.356 e. The molecule has 0 radical (unpaired) electrons. The first kappa shape index (κ1) is 18.6. The van der Waals surface area contributed by atoms with Gasteiger partial charge in [0, 0.05) is 49.8 Å². The summed E-state index contributed by atoms with van der Waals surface area (Å²) in [5, 5.41) is 6.09. The van der Waals surface area contributed by atoms with Crippen LogP contribution >= 0.6 is 11.8 Å². The van der Waals surface area contributed by atoms with Gasteiger partial charge in [-0.25, -0.2) is 4.98 Å². The van der Waals surface area contributed by atoms with E-state index in [1.807, 2.05) is 30.8 Å². The smallest absolute Gasteiger partial charge is 0.227 e. The Bertz CT molecular complexity index is 585. The third-order valence-electron chi connectivity index (χ3n) is 3.75. The molecule has 6 nitrogen and oxygen atoms in total. The van der Waals surface area contributed by atoms with Crippen LogP contribution in [-0.4, -0.2) is 58.9 Å². The number of guanidine groups is 1. The van der Waals surface area contributed by atoms with E-state index in [2.05, 4.69) is 39.4 Å². The third-order valence-corrected chi connectivity index (χ3v) is 5.05. The number of pyridine rings is 1. The van der Waals surface area contributed by atoms with Crippen molar-refractivity contribution in [1.82, 2.24) is 15.2 Å². The molecule has 1 aromatic rings. The molecule has 1 aliphatic heterocycles. The fourth-order valence-corrected chi connectivity index (χ4v) is 3.68. The predicted octanol–water partition coefficient (Wildman–Crippen LogP) is 2.12. The molecule has 0 bridgehead atoms. The van der Waals surface area contributed by atoms with E-state index in [9.17, 15) is 4.79 Å². The monoisotopic (exact) mass is 349 g/mol. The van der Waals surface area contributed by atoms with Crippen LogP contribution in [0.3, 0.4) is 0 Å². The molecule has 2 heterocycles. The lowest BCUT2D eigenvalue weighted by molar-refractivity contribution is -0.116. The lowest BCUT2D eigenvalue weighted by atomic mass is 10.2. The average molecular weight is 350 g/mol. The van der Waals surface area contributed by atoms with Crippen LogP contribution in [0.15, 0.2) is 23.3 Å². The molecule has 1 fully saturated rings. The van der Waals surface area contributed by atoms with E-state index < -0.39 is 0 Å². The van der Waals surface area contributed by atoms with Crippen molar-refractivity contribution < 1.29 is 4.79 Å². The lowest BCUT2D eigenvalue weighted by Gasteiger charge is -2.39. The molecule has 0 spiro atoms. The van der Waals surface area contributed by atoms with E-state index in [1.165, 1.54) is 0 Å². The van der Waals surface area contributed by atoms with E-state index in [1.54, 1.807) is 13.2 Å². The Labute approximate surface area is 148 Å². The molecule has 0 saturated carbocycles. The zero-order valence-electron chi connectivity index (χ0n) is 14.9. The van der Waals surface area contributed by atoms with Crippen molar-refractivity contribution in [2.45, 2.75) is 31.9 Å². The van der Waals surface area contributed by atoms with Crippen LogP contribution < -0.4 is 10.6 Å². The summed E-state index contributed by atoms with van der Waals surface area (Å²) < 4.78 is 0.227. The summed E-state index contributed by atoms with van der Waals surface area (Å²) >= 11 is 1.99. The summed E-state index contributed by atoms with van der Waals surface area (Å²) in [6.07, 6.45) is 2.12. The summed E-state index contributed by atoms with van der Waals surface area (Å²) in [5.41, 5.74) is 1.07. The van der Waals surface area contributed by atoms with Crippen molar-refractivity contribution >= 4 is 29.4 Å². The normalized spacial score (nSPS) is 17.5. The number of carbonyl (C=O) groups excluding carboxylic acids is 1. The molecule has 24 heavy (non-hydrogen) atoms. The molecule has 0 atom stereocenters. The molecule has 0 unspecified atom stereocenters. The molecule has 2 N–H and O–H groups in total. The first-order valence-electron chi connectivity index (χ1n) is 8.22. The number of aliphatic imine (C=N–C) groups is 1. The Morgan fingerprint density at radius 2 is 2.25 bits per heavy atom. The van der Waals surface area contributed by atoms with Gasteiger partial charge in [-0.15, -0.1) is 0 Å². The summed E-state index contributed by atoms with van der Waals surface area (Å²) in [4.78, 5) is 22.8. The zero-order chi connectivity index (χ0) is 17.6. The molecule has 1 amide bonds. The third kappa shape index (κ3) is 5.70. The van der Waals surface area contributed by atoms with Crippen molar-refractivity contribution in [3.8, 4) is 0 Å². The van der Waals surface area contributed by atoms with Gasteiger partial charge in [0.05, 0.1) is 0 Å². The maximum Gasteiger partial charge on any atom is 0.227 e. The predicted molar refractivity (Wildman–Crippen MR) is 102 cm³/mol. The molecular weight excluding hydrogens is 322 g/mol. The Morgan fingerprint density at radius 3 is 2.88 bits per heavy atom. The van der Waals surface area contributed by atoms with Gasteiger partial charge in [-0.2, -0.15) is 11.8 Å². The van der Waals surface area contributed by atoms with E-state index in [-0.39, 0.29) is 10.7 Å². The zero-order valence-corrected chi connectivity index (χ0v) is 15.7. The fraction of sp³-hybridized carbons (Fsp3) is 0.588. The minimum atomic E-state index is -0.0520. The highest BCUT2D eigenvalue weighted by Crippen LogP contribution is 2.29. The van der Waals surface area contributed by atoms with Gasteiger partial charge in [-0.3, -0.25) is 9.79 Å². The van der Waals surface area contributed by atoms with E-state index in [0.29, 0.717) is 18.8 Å². The largest absolute Gasteiger partial charge is 0.356 e. The topological polar surface area (TPSA) is 69.6 Å². The molecule has 2 rings (SSSR count). The lowest BCUT2D eigenvalue weighted by Crippen LogP contribution is -2.51. The highest BCUT2D eigenvalue weighted by atomic mass is 32.2. The van der Waals surface area contributed by atoms with Crippen LogP contribution in [0.1, 0.15) is 25.8 Å². The van der Waals surface area contributed by atoms with Crippen molar-refractivity contribution in [1.29, 1.82) is 0 Å². The number of anilines is 1. The summed E-state index contributed by atoms with van der Waals surface area (Å²) in [6.45, 7) is 8.95. The van der Waals surface area contributed by atoms with Gasteiger partial charge in [0.2, 0.25) is 5.91 Å². The Balaban J connectivity index is 1.77. The summed E-state index contributed by atoms with van der Waals surface area (Å²) in [7, 11) is 1.79. The number of hydrogen-bond donors (Lipinski definition) is 2. The number of nitrogens with one attached hydrogen (secondary N) is 2. The molecule has 132 valence electrons. The minimum absolute atomic E-state index is 0.0520. The summed E-state index contributed by atoms with van der Waals surface area (Å²) in [6, 6.07) is 3.74. The molecule has 1 aliphatic rings. The quantitative estimate of drug-likeness (QED) is 0.644. The van der Waals surface area contributed by atoms with Crippen LogP contribution in [0.4, 0.5) is 5.82 Å². The first-order chi connectivity index (χ1) is 11.4. The first-order valence-corrected chi connectivity index (χ1v) is 9.20. The summed E-state index contributed by atoms with van der Waals surface area (Å²) in [5.74, 6) is 2.49. The molecule has 7 heteroatoms. The second-order valence-electron chi connectivity index (χ2n) is 6.52. The van der Waals surface area contributed by atoms with Crippen molar-refractivity contribution in [2.75, 3.05) is 37.8 Å². The van der Waals surface area contributed by atoms with Crippen LogP contribution in [0.25, 0.3) is 0 Å². The van der Waals surface area contributed by atoms with Gasteiger partial charge in [0.25, 0.3) is 0 Å². The van der Waals surface area contributed by atoms with Gasteiger partial charge in [-0.05, 0) is 32.4 Å². The molecule has 1 aromatic heterocycles. The van der Waals surface area contributed by atoms with E-state index >= 15 is 0 Å². The van der Waals surface area contributed by atoms with Gasteiger partial charge in [0.1, 0.15) is 5.82 Å². The standard InChI is InChI=1S/C17H27N5OS/c1-13-5-6-14(20-11-13)21-15(23)7-8-19-16(18-4)22-9-10-24-17(2,3)12-22/h5-6,11H,7-10,12H2,1-4H3,(H,18,19)(H,20,21,23). The van der Waals surface area contributed by atoms with Gasteiger partial charge in [0.15, 0.2) is 5.96 Å². The second kappa shape index (κ2) is 8.37. The fourth-order valence-electron chi connectivity index (χ4n) is 2.56. The van der Waals surface area contributed by atoms with Crippen LogP contribution in [-0.2, 0) is 4.79 Å². The number of carbonyl (C=O) groups is 1. The number of rotatable bonds is 4. The maximum absolute atomic E-state index is 12.0. The molecular formula is C17H27N5OS. The van der Waals surface area contributed by atoms with Crippen molar-refractivity contribution in [2.24, 2.45) is 4.99 Å². The molecule has 0 aliphatic carbocycles. The highest BCUT2D eigenvalue weighted by molar-refractivity contribution is 8.00. The number of hydrogen-bond acceptors (Lipinski definition) is 4. The number of aromatic nitrogens is 1. The SMILES string of the molecule is CN=C(NCCC(=O)Nc1ccc(C)cn1)N1CCSC(C)(C)C1. The van der Waals surface area contributed by atoms with Crippen LogP contribution in [0.5, 0.6) is 0 Å². The maximum atomic E-state index is 12.0. The van der Waals surface area contributed by atoms with E-state index in [4.69, 9.17) is 0 Å². The number of nitrogens with zero attached hydrogens (tertiary/aromatic N) is 3. The number of aryl methyl sites for hydroxylation is 1. The van der Waals surface area contributed by atoms with Gasteiger partial charge < -0.3 is 15.5 Å². The second-order valence-corrected chi connectivity index (χ2v) is 8.32. The Hall–Kier alpha value is -1.76. The highest BCUT2D eigenvalue weighted by Gasteiger charge is 2.28. The van der Waals surface area contributed by atoms with Gasteiger partial charge in [-0.1, -0.05) is 6.07 Å². The number of thioether (sulfide) groups is 1. The Morgan fingerprint density at radius 1 is 1.46 bits per heavy atom. The van der Waals surface area contributed by atoms with Crippen LogP contribution in [0, 0.1) is 6.92 Å². The van der Waals surface area contributed by atoms with Crippen LogP contribution in [0.2, 0.25) is 0 Å². The van der Waals surface area contributed by atoms with E-state index in [0.717, 1.165) is 30.4 Å². The Kier molecular flexibility index (Phi) is 6.48. The van der Waals surface area contributed by atoms with Crippen molar-refractivity contribution in [3.05, 3.63) is 23.9 Å².